The molecule has 0 aliphatic carbocycles. The second kappa shape index (κ2) is 5.66. The Kier molecular flexibility index (Phi) is 4.65. The summed E-state index contributed by atoms with van der Waals surface area (Å²) < 4.78 is 35.9. The lowest BCUT2D eigenvalue weighted by atomic mass is 9.97. The van der Waals surface area contributed by atoms with Crippen LogP contribution in [-0.2, 0) is 14.8 Å². The van der Waals surface area contributed by atoms with E-state index in [2.05, 4.69) is 5.32 Å². The smallest absolute Gasteiger partial charge is 0.238 e. The quantitative estimate of drug-likeness (QED) is 0.883. The van der Waals surface area contributed by atoms with Crippen LogP contribution in [0, 0.1) is 17.7 Å². The topological polar surface area (TPSA) is 89.3 Å². The number of benzene rings is 1. The largest absolute Gasteiger partial charge is 0.323 e. The van der Waals surface area contributed by atoms with Crippen LogP contribution in [0.2, 0.25) is 0 Å². The van der Waals surface area contributed by atoms with E-state index in [1.807, 2.05) is 13.8 Å². The summed E-state index contributed by atoms with van der Waals surface area (Å²) in [4.78, 5) is 11.6. The van der Waals surface area contributed by atoms with Gasteiger partial charge in [-0.2, -0.15) is 0 Å². The molecule has 19 heavy (non-hydrogen) atoms. The van der Waals surface area contributed by atoms with E-state index in [1.54, 1.807) is 6.92 Å². The summed E-state index contributed by atoms with van der Waals surface area (Å²) >= 11 is 0. The standard InChI is InChI=1S/C12H17FN2O3S/c1-7(2)8(3)12(16)15-11-6-9(19(14,17)18)4-5-10(11)13/h4-8H,1-3H3,(H,15,16)(H2,14,17,18). The zero-order valence-electron chi connectivity index (χ0n) is 11.0. The molecule has 1 unspecified atom stereocenters. The number of primary sulfonamides is 1. The van der Waals surface area contributed by atoms with Crippen molar-refractivity contribution in [1.82, 2.24) is 0 Å². The molecular weight excluding hydrogens is 271 g/mol. The van der Waals surface area contributed by atoms with Crippen molar-refractivity contribution in [3.8, 4) is 0 Å². The third-order valence-corrected chi connectivity index (χ3v) is 3.85. The molecule has 0 aliphatic heterocycles. The lowest BCUT2D eigenvalue weighted by Crippen LogP contribution is -2.25. The van der Waals surface area contributed by atoms with Crippen LogP contribution in [0.4, 0.5) is 10.1 Å². The first-order valence-electron chi connectivity index (χ1n) is 5.76. The number of nitrogens with one attached hydrogen (secondary N) is 1. The van der Waals surface area contributed by atoms with Crippen LogP contribution in [0.25, 0.3) is 0 Å². The molecular formula is C12H17FN2O3S. The van der Waals surface area contributed by atoms with Crippen LogP contribution in [0.3, 0.4) is 0 Å². The molecule has 0 radical (unpaired) electrons. The van der Waals surface area contributed by atoms with E-state index < -0.39 is 15.8 Å². The summed E-state index contributed by atoms with van der Waals surface area (Å²) in [6, 6.07) is 3.01. The van der Waals surface area contributed by atoms with Gasteiger partial charge in [-0.15, -0.1) is 0 Å². The van der Waals surface area contributed by atoms with Gasteiger partial charge in [0, 0.05) is 5.92 Å². The second-order valence-corrected chi connectivity index (χ2v) is 6.27. The Morgan fingerprint density at radius 3 is 2.37 bits per heavy atom. The van der Waals surface area contributed by atoms with Gasteiger partial charge in [0.05, 0.1) is 10.6 Å². The fourth-order valence-electron chi connectivity index (χ4n) is 1.33. The maximum atomic E-state index is 13.5. The van der Waals surface area contributed by atoms with Crippen molar-refractivity contribution in [1.29, 1.82) is 0 Å². The van der Waals surface area contributed by atoms with Gasteiger partial charge in [0.1, 0.15) is 5.82 Å². The van der Waals surface area contributed by atoms with Crippen molar-refractivity contribution < 1.29 is 17.6 Å². The summed E-state index contributed by atoms with van der Waals surface area (Å²) in [5.41, 5.74) is -0.191. The summed E-state index contributed by atoms with van der Waals surface area (Å²) in [5, 5.41) is 7.32. The number of hydrogen-bond donors (Lipinski definition) is 2. The van der Waals surface area contributed by atoms with E-state index in [4.69, 9.17) is 5.14 Å². The number of anilines is 1. The first kappa shape index (κ1) is 15.6. The van der Waals surface area contributed by atoms with Gasteiger partial charge >= 0.3 is 0 Å². The molecule has 0 saturated heterocycles. The van der Waals surface area contributed by atoms with E-state index in [-0.39, 0.29) is 28.3 Å². The van der Waals surface area contributed by atoms with Crippen molar-refractivity contribution >= 4 is 21.6 Å². The first-order valence-corrected chi connectivity index (χ1v) is 7.30. The highest BCUT2D eigenvalue weighted by Crippen LogP contribution is 2.20. The molecule has 1 aromatic rings. The van der Waals surface area contributed by atoms with Gasteiger partial charge in [-0.1, -0.05) is 20.8 Å². The van der Waals surface area contributed by atoms with Crippen molar-refractivity contribution in [2.75, 3.05) is 5.32 Å². The van der Waals surface area contributed by atoms with Gasteiger partial charge in [-0.3, -0.25) is 4.79 Å². The molecule has 0 aliphatic rings. The van der Waals surface area contributed by atoms with Crippen molar-refractivity contribution in [3.05, 3.63) is 24.0 Å². The van der Waals surface area contributed by atoms with E-state index >= 15 is 0 Å². The van der Waals surface area contributed by atoms with Crippen molar-refractivity contribution in [2.45, 2.75) is 25.7 Å². The van der Waals surface area contributed by atoms with Gasteiger partial charge in [0.15, 0.2) is 0 Å². The number of carbonyl (C=O) groups excluding carboxylic acids is 1. The second-order valence-electron chi connectivity index (χ2n) is 4.71. The average molecular weight is 288 g/mol. The van der Waals surface area contributed by atoms with Crippen LogP contribution < -0.4 is 10.5 Å². The Bertz CT molecular complexity index is 585. The summed E-state index contributed by atoms with van der Waals surface area (Å²) in [6.07, 6.45) is 0. The highest BCUT2D eigenvalue weighted by atomic mass is 32.2. The number of hydrogen-bond acceptors (Lipinski definition) is 3. The van der Waals surface area contributed by atoms with Gasteiger partial charge in [-0.25, -0.2) is 17.9 Å². The number of halogens is 1. The Balaban J connectivity index is 3.05. The number of amides is 1. The normalized spacial score (nSPS) is 13.4. The van der Waals surface area contributed by atoms with E-state index in [0.29, 0.717) is 0 Å². The SMILES string of the molecule is CC(C)C(C)C(=O)Nc1cc(S(N)(=O)=O)ccc1F. The maximum Gasteiger partial charge on any atom is 0.238 e. The van der Waals surface area contributed by atoms with Gasteiger partial charge in [0.2, 0.25) is 15.9 Å². The number of nitrogens with two attached hydrogens (primary N) is 1. The Hall–Kier alpha value is -1.47. The molecule has 0 saturated carbocycles. The van der Waals surface area contributed by atoms with Gasteiger partial charge in [0.25, 0.3) is 0 Å². The highest BCUT2D eigenvalue weighted by molar-refractivity contribution is 7.89. The lowest BCUT2D eigenvalue weighted by molar-refractivity contribution is -0.120. The van der Waals surface area contributed by atoms with E-state index in [0.717, 1.165) is 18.2 Å². The zero-order valence-corrected chi connectivity index (χ0v) is 11.8. The molecule has 106 valence electrons. The molecule has 1 amide bonds. The maximum absolute atomic E-state index is 13.5. The number of carbonyl (C=O) groups is 1. The fraction of sp³-hybridized carbons (Fsp3) is 0.417. The zero-order chi connectivity index (χ0) is 14.8. The Morgan fingerprint density at radius 2 is 1.89 bits per heavy atom. The molecule has 0 aromatic heterocycles. The average Bonchev–Trinajstić information content (AvgIpc) is 2.29. The molecule has 0 heterocycles. The Labute approximate surface area is 112 Å². The van der Waals surface area contributed by atoms with Crippen molar-refractivity contribution in [3.63, 3.8) is 0 Å². The number of rotatable bonds is 4. The molecule has 7 heteroatoms. The summed E-state index contributed by atoms with van der Waals surface area (Å²) in [5.74, 6) is -1.32. The molecule has 1 atom stereocenters. The molecule has 1 rings (SSSR count). The minimum absolute atomic E-state index is 0.0875. The van der Waals surface area contributed by atoms with Gasteiger partial charge in [-0.05, 0) is 24.1 Å². The van der Waals surface area contributed by atoms with Crippen LogP contribution in [0.5, 0.6) is 0 Å². The molecule has 0 bridgehead atoms. The summed E-state index contributed by atoms with van der Waals surface area (Å²) in [6.45, 7) is 5.43. The minimum Gasteiger partial charge on any atom is -0.323 e. The minimum atomic E-state index is -3.93. The van der Waals surface area contributed by atoms with Crippen LogP contribution in [0.1, 0.15) is 20.8 Å². The third kappa shape index (κ3) is 4.00. The van der Waals surface area contributed by atoms with E-state index in [9.17, 15) is 17.6 Å². The monoisotopic (exact) mass is 288 g/mol. The van der Waals surface area contributed by atoms with Crippen LogP contribution in [0.15, 0.2) is 23.1 Å². The molecule has 1 aromatic carbocycles. The van der Waals surface area contributed by atoms with Crippen molar-refractivity contribution in [2.24, 2.45) is 17.0 Å². The fourth-order valence-corrected chi connectivity index (χ4v) is 1.87. The third-order valence-electron chi connectivity index (χ3n) is 2.94. The highest BCUT2D eigenvalue weighted by Gasteiger charge is 2.19. The molecule has 0 fully saturated rings. The predicted octanol–water partition coefficient (Wildman–Crippen LogP) is 1.70. The van der Waals surface area contributed by atoms with Crippen LogP contribution >= 0.6 is 0 Å². The summed E-state index contributed by atoms with van der Waals surface area (Å²) in [7, 11) is -3.93. The molecule has 3 N–H and O–H groups in total. The lowest BCUT2D eigenvalue weighted by Gasteiger charge is -2.16. The molecule has 0 spiro atoms. The Morgan fingerprint density at radius 1 is 1.32 bits per heavy atom. The predicted molar refractivity (Wildman–Crippen MR) is 70.4 cm³/mol. The first-order chi connectivity index (χ1) is 8.62. The van der Waals surface area contributed by atoms with Gasteiger partial charge < -0.3 is 5.32 Å². The molecule has 5 nitrogen and oxygen atoms in total. The van der Waals surface area contributed by atoms with Crippen LogP contribution in [-0.4, -0.2) is 14.3 Å². The number of sulfonamides is 1. The van der Waals surface area contributed by atoms with E-state index in [1.165, 1.54) is 0 Å².